The van der Waals surface area contributed by atoms with Crippen LogP contribution in [0.5, 0.6) is 0 Å². The largest absolute Gasteiger partial charge is 0.462 e. The molecule has 1 heterocycles. The number of rotatable bonds is 7. The number of nitrogens with one attached hydrogen (secondary N) is 3. The molecule has 0 fully saturated rings. The summed E-state index contributed by atoms with van der Waals surface area (Å²) in [6.45, 7) is 5.34. The first kappa shape index (κ1) is 22.0. The first-order chi connectivity index (χ1) is 14.7. The Hall–Kier alpha value is -3.66. The van der Waals surface area contributed by atoms with E-state index >= 15 is 0 Å². The molecule has 9 nitrogen and oxygen atoms in total. The van der Waals surface area contributed by atoms with E-state index in [0.29, 0.717) is 11.4 Å². The molecular formula is C21H22N4O5S. The van der Waals surface area contributed by atoms with Crippen molar-refractivity contribution in [3.8, 4) is 0 Å². The van der Waals surface area contributed by atoms with Crippen LogP contribution in [0.25, 0.3) is 0 Å². The Kier molecular flexibility index (Phi) is 6.40. The maximum Gasteiger partial charge on any atom is 0.338 e. The predicted molar refractivity (Wildman–Crippen MR) is 116 cm³/mol. The third kappa shape index (κ3) is 5.10. The fourth-order valence-corrected chi connectivity index (χ4v) is 4.05. The zero-order chi connectivity index (χ0) is 22.6. The Labute approximate surface area is 179 Å². The zero-order valence-electron chi connectivity index (χ0n) is 17.2. The Bertz CT molecular complexity index is 1220. The van der Waals surface area contributed by atoms with Crippen LogP contribution in [0.1, 0.15) is 38.9 Å². The lowest BCUT2D eigenvalue weighted by Crippen LogP contribution is -2.20. The van der Waals surface area contributed by atoms with E-state index in [4.69, 9.17) is 4.74 Å². The molecule has 0 unspecified atom stereocenters. The summed E-state index contributed by atoms with van der Waals surface area (Å²) >= 11 is 0. The molecule has 0 atom stereocenters. The number of esters is 1. The topological polar surface area (TPSA) is 130 Å². The van der Waals surface area contributed by atoms with Crippen molar-refractivity contribution in [3.05, 3.63) is 70.9 Å². The van der Waals surface area contributed by atoms with E-state index in [2.05, 4.69) is 20.2 Å². The van der Waals surface area contributed by atoms with Crippen LogP contribution in [0.4, 0.5) is 11.4 Å². The highest BCUT2D eigenvalue weighted by molar-refractivity contribution is 7.92. The van der Waals surface area contributed by atoms with Crippen molar-refractivity contribution in [2.45, 2.75) is 25.8 Å². The van der Waals surface area contributed by atoms with Crippen molar-refractivity contribution >= 4 is 33.3 Å². The Balaban J connectivity index is 1.86. The summed E-state index contributed by atoms with van der Waals surface area (Å²) in [5, 5.41) is 8.55. The molecule has 1 aromatic heterocycles. The summed E-state index contributed by atoms with van der Waals surface area (Å²) in [7, 11) is -4.13. The van der Waals surface area contributed by atoms with Crippen LogP contribution in [0.2, 0.25) is 0 Å². The number of benzene rings is 2. The first-order valence-electron chi connectivity index (χ1n) is 9.44. The standard InChI is InChI=1S/C21H22N4O5S/c1-4-30-21(27)15-6-5-7-17(12-15)22-19(26)18-14(3)23-24-20(18)31(28,29)25-16-10-8-13(2)9-11-16/h5-12,25H,4H2,1-3H3,(H,22,26)(H,23,24). The number of hydrogen-bond donors (Lipinski definition) is 3. The molecule has 2 aromatic carbocycles. The van der Waals surface area contributed by atoms with Crippen LogP contribution < -0.4 is 10.0 Å². The lowest BCUT2D eigenvalue weighted by Gasteiger charge is -2.10. The van der Waals surface area contributed by atoms with Gasteiger partial charge in [-0.1, -0.05) is 23.8 Å². The number of carbonyl (C=O) groups excluding carboxylic acids is 2. The molecule has 0 aliphatic rings. The fourth-order valence-electron chi connectivity index (χ4n) is 2.83. The molecule has 1 amide bonds. The van der Waals surface area contributed by atoms with E-state index in [9.17, 15) is 18.0 Å². The number of aryl methyl sites for hydroxylation is 2. The molecule has 0 saturated carbocycles. The van der Waals surface area contributed by atoms with E-state index in [1.54, 1.807) is 56.3 Å². The van der Waals surface area contributed by atoms with Crippen molar-refractivity contribution in [1.29, 1.82) is 0 Å². The number of sulfonamides is 1. The molecule has 3 N–H and O–H groups in total. The van der Waals surface area contributed by atoms with E-state index in [1.165, 1.54) is 6.07 Å². The summed E-state index contributed by atoms with van der Waals surface area (Å²) < 4.78 is 33.1. The van der Waals surface area contributed by atoms with Crippen molar-refractivity contribution < 1.29 is 22.7 Å². The highest BCUT2D eigenvalue weighted by atomic mass is 32.2. The zero-order valence-corrected chi connectivity index (χ0v) is 18.0. The number of hydrogen-bond acceptors (Lipinski definition) is 6. The van der Waals surface area contributed by atoms with E-state index in [1.807, 2.05) is 6.92 Å². The Morgan fingerprint density at radius 3 is 2.45 bits per heavy atom. The molecule has 10 heteroatoms. The van der Waals surface area contributed by atoms with Crippen molar-refractivity contribution in [3.63, 3.8) is 0 Å². The Morgan fingerprint density at radius 2 is 1.77 bits per heavy atom. The molecule has 0 radical (unpaired) electrons. The third-order valence-corrected chi connectivity index (χ3v) is 5.64. The van der Waals surface area contributed by atoms with Gasteiger partial charge >= 0.3 is 5.97 Å². The molecule has 0 bridgehead atoms. The molecule has 0 spiro atoms. The average Bonchev–Trinajstić information content (AvgIpc) is 3.12. The summed E-state index contributed by atoms with van der Waals surface area (Å²) in [5.74, 6) is -1.21. The average molecular weight is 442 g/mol. The van der Waals surface area contributed by atoms with Gasteiger partial charge in [-0.05, 0) is 51.1 Å². The van der Waals surface area contributed by atoms with E-state index in [-0.39, 0.29) is 23.4 Å². The second-order valence-corrected chi connectivity index (χ2v) is 8.35. The number of H-pyrrole nitrogens is 1. The number of aromatic nitrogens is 2. The molecule has 0 aliphatic carbocycles. The quantitative estimate of drug-likeness (QED) is 0.482. The number of aromatic amines is 1. The molecule has 31 heavy (non-hydrogen) atoms. The first-order valence-corrected chi connectivity index (χ1v) is 10.9. The van der Waals surface area contributed by atoms with Gasteiger partial charge in [0, 0.05) is 17.1 Å². The summed E-state index contributed by atoms with van der Waals surface area (Å²) in [5.41, 5.74) is 2.05. The molecular weight excluding hydrogens is 420 g/mol. The fraction of sp³-hybridized carbons (Fsp3) is 0.190. The smallest absolute Gasteiger partial charge is 0.338 e. The van der Waals surface area contributed by atoms with Crippen LogP contribution in [-0.4, -0.2) is 37.1 Å². The van der Waals surface area contributed by atoms with Crippen molar-refractivity contribution in [2.24, 2.45) is 0 Å². The molecule has 3 aromatic rings. The van der Waals surface area contributed by atoms with Crippen LogP contribution in [-0.2, 0) is 14.8 Å². The van der Waals surface area contributed by atoms with E-state index < -0.39 is 26.9 Å². The number of nitrogens with zero attached hydrogens (tertiary/aromatic N) is 1. The van der Waals surface area contributed by atoms with Gasteiger partial charge < -0.3 is 10.1 Å². The maximum absolute atomic E-state index is 12.9. The summed E-state index contributed by atoms with van der Waals surface area (Å²) in [4.78, 5) is 24.8. The number of ether oxygens (including phenoxy) is 1. The van der Waals surface area contributed by atoms with Crippen LogP contribution >= 0.6 is 0 Å². The molecule has 162 valence electrons. The Morgan fingerprint density at radius 1 is 1.06 bits per heavy atom. The normalized spacial score (nSPS) is 11.1. The third-order valence-electron chi connectivity index (χ3n) is 4.33. The lowest BCUT2D eigenvalue weighted by atomic mass is 10.2. The van der Waals surface area contributed by atoms with Gasteiger partial charge in [0.1, 0.15) is 5.56 Å². The SMILES string of the molecule is CCOC(=O)c1cccc(NC(=O)c2c(S(=O)(=O)Nc3ccc(C)cc3)n[nH]c2C)c1. The van der Waals surface area contributed by atoms with Gasteiger partial charge in [-0.2, -0.15) is 13.5 Å². The highest BCUT2D eigenvalue weighted by Crippen LogP contribution is 2.22. The summed E-state index contributed by atoms with van der Waals surface area (Å²) in [6, 6.07) is 12.9. The number of anilines is 2. The predicted octanol–water partition coefficient (Wildman–Crippen LogP) is 3.26. The minimum Gasteiger partial charge on any atom is -0.462 e. The molecule has 0 saturated heterocycles. The number of amides is 1. The van der Waals surface area contributed by atoms with Gasteiger partial charge in [-0.15, -0.1) is 0 Å². The highest BCUT2D eigenvalue weighted by Gasteiger charge is 2.28. The second-order valence-electron chi connectivity index (χ2n) is 6.76. The van der Waals surface area contributed by atoms with Crippen LogP contribution in [0.15, 0.2) is 53.6 Å². The molecule has 0 aliphatic heterocycles. The molecule has 3 rings (SSSR count). The van der Waals surface area contributed by atoms with Crippen molar-refractivity contribution in [1.82, 2.24) is 10.2 Å². The number of carbonyl (C=O) groups is 2. The lowest BCUT2D eigenvalue weighted by molar-refractivity contribution is 0.0526. The van der Waals surface area contributed by atoms with E-state index in [0.717, 1.165) is 5.56 Å². The van der Waals surface area contributed by atoms with Gasteiger partial charge in [0.25, 0.3) is 15.9 Å². The van der Waals surface area contributed by atoms with Gasteiger partial charge in [0.05, 0.1) is 12.2 Å². The minimum absolute atomic E-state index is 0.124. The van der Waals surface area contributed by atoms with Crippen LogP contribution in [0, 0.1) is 13.8 Å². The second kappa shape index (κ2) is 9.00. The summed E-state index contributed by atoms with van der Waals surface area (Å²) in [6.07, 6.45) is 0. The minimum atomic E-state index is -4.13. The van der Waals surface area contributed by atoms with Crippen molar-refractivity contribution in [2.75, 3.05) is 16.6 Å². The van der Waals surface area contributed by atoms with Gasteiger partial charge in [0.2, 0.25) is 5.03 Å². The monoisotopic (exact) mass is 442 g/mol. The maximum atomic E-state index is 12.9. The van der Waals surface area contributed by atoms with Crippen LogP contribution in [0.3, 0.4) is 0 Å². The van der Waals surface area contributed by atoms with Gasteiger partial charge in [-0.25, -0.2) is 4.79 Å². The van der Waals surface area contributed by atoms with Gasteiger partial charge in [-0.3, -0.25) is 14.6 Å². The van der Waals surface area contributed by atoms with Gasteiger partial charge in [0.15, 0.2) is 0 Å².